The number of piperidine rings is 1. The number of H-pyrrole nitrogens is 1. The fourth-order valence-electron chi connectivity index (χ4n) is 6.19. The number of fused-ring (bicyclic) bond motifs is 2. The molecule has 0 saturated carbocycles. The Bertz CT molecular complexity index is 1410. The van der Waals surface area contributed by atoms with Gasteiger partial charge in [0.25, 0.3) is 0 Å². The van der Waals surface area contributed by atoms with Gasteiger partial charge >= 0.3 is 0 Å². The highest BCUT2D eigenvalue weighted by Crippen LogP contribution is 2.32. The standard InChI is InChI=1S/C28H36N8O2/c1-33-24(19-34-8-6-20(7-9-34)35-10-14-37-15-11-35)30-25-27(33)31-26(32-28(25)36-12-16-38-17-13-36)22-18-29-23-5-3-2-4-21(22)23/h2-5,18,20,29H,6-17,19H2,1H3. The number of aryl methyl sites for hydroxylation is 1. The minimum absolute atomic E-state index is 0.674. The molecule has 3 fully saturated rings. The Morgan fingerprint density at radius 3 is 2.42 bits per heavy atom. The van der Waals surface area contributed by atoms with E-state index in [0.29, 0.717) is 19.3 Å². The number of nitrogens with zero attached hydrogens (tertiary/aromatic N) is 7. The first kappa shape index (κ1) is 24.0. The molecule has 0 spiro atoms. The second-order valence-electron chi connectivity index (χ2n) is 10.6. The maximum Gasteiger partial charge on any atom is 0.166 e. The number of hydrogen-bond donors (Lipinski definition) is 1. The van der Waals surface area contributed by atoms with Crippen LogP contribution < -0.4 is 4.90 Å². The van der Waals surface area contributed by atoms with Gasteiger partial charge in [0, 0.05) is 75.0 Å². The average molecular weight is 517 g/mol. The molecule has 3 aliphatic rings. The van der Waals surface area contributed by atoms with Crippen molar-refractivity contribution in [2.24, 2.45) is 7.05 Å². The first-order chi connectivity index (χ1) is 18.7. The van der Waals surface area contributed by atoms with Crippen molar-refractivity contribution in [3.8, 4) is 11.4 Å². The molecule has 0 unspecified atom stereocenters. The summed E-state index contributed by atoms with van der Waals surface area (Å²) in [5, 5.41) is 1.13. The van der Waals surface area contributed by atoms with Crippen molar-refractivity contribution in [3.63, 3.8) is 0 Å². The van der Waals surface area contributed by atoms with Crippen LogP contribution >= 0.6 is 0 Å². The van der Waals surface area contributed by atoms with E-state index in [1.54, 1.807) is 0 Å². The number of para-hydroxylation sites is 1. The summed E-state index contributed by atoms with van der Waals surface area (Å²) in [5.41, 5.74) is 3.88. The van der Waals surface area contributed by atoms with E-state index < -0.39 is 0 Å². The molecule has 6 heterocycles. The lowest BCUT2D eigenvalue weighted by Gasteiger charge is -2.39. The van der Waals surface area contributed by atoms with Crippen molar-refractivity contribution in [2.75, 3.05) is 70.6 Å². The van der Waals surface area contributed by atoms with Crippen LogP contribution in [0.1, 0.15) is 18.7 Å². The smallest absolute Gasteiger partial charge is 0.166 e. The number of morpholine rings is 2. The van der Waals surface area contributed by atoms with Crippen LogP contribution in [0.3, 0.4) is 0 Å². The fraction of sp³-hybridized carbons (Fsp3) is 0.536. The molecule has 10 nitrogen and oxygen atoms in total. The Morgan fingerprint density at radius 1 is 0.895 bits per heavy atom. The molecule has 0 bridgehead atoms. The van der Waals surface area contributed by atoms with Gasteiger partial charge in [-0.15, -0.1) is 0 Å². The van der Waals surface area contributed by atoms with E-state index in [1.165, 1.54) is 12.8 Å². The van der Waals surface area contributed by atoms with E-state index in [9.17, 15) is 0 Å². The first-order valence-electron chi connectivity index (χ1n) is 13.9. The Kier molecular flexibility index (Phi) is 6.48. The highest BCUT2D eigenvalue weighted by atomic mass is 16.5. The van der Waals surface area contributed by atoms with Gasteiger partial charge < -0.3 is 23.9 Å². The predicted molar refractivity (Wildman–Crippen MR) is 147 cm³/mol. The summed E-state index contributed by atoms with van der Waals surface area (Å²) >= 11 is 0. The molecule has 1 aromatic carbocycles. The van der Waals surface area contributed by atoms with E-state index in [2.05, 4.69) is 49.5 Å². The summed E-state index contributed by atoms with van der Waals surface area (Å²) < 4.78 is 13.4. The van der Waals surface area contributed by atoms with E-state index in [4.69, 9.17) is 24.4 Å². The first-order valence-corrected chi connectivity index (χ1v) is 13.9. The number of imidazole rings is 1. The number of anilines is 1. The highest BCUT2D eigenvalue weighted by molar-refractivity contribution is 5.95. The monoisotopic (exact) mass is 516 g/mol. The minimum atomic E-state index is 0.674. The van der Waals surface area contributed by atoms with Gasteiger partial charge in [-0.05, 0) is 18.9 Å². The highest BCUT2D eigenvalue weighted by Gasteiger charge is 2.28. The van der Waals surface area contributed by atoms with E-state index in [1.807, 2.05) is 12.3 Å². The zero-order valence-corrected chi connectivity index (χ0v) is 22.1. The van der Waals surface area contributed by atoms with Crippen LogP contribution in [0.25, 0.3) is 33.5 Å². The van der Waals surface area contributed by atoms with Gasteiger partial charge in [-0.2, -0.15) is 0 Å². The van der Waals surface area contributed by atoms with Crippen molar-refractivity contribution in [2.45, 2.75) is 25.4 Å². The lowest BCUT2D eigenvalue weighted by atomic mass is 10.0. The van der Waals surface area contributed by atoms with Gasteiger partial charge in [-0.3, -0.25) is 9.80 Å². The molecule has 3 aliphatic heterocycles. The molecule has 200 valence electrons. The molecule has 0 radical (unpaired) electrons. The van der Waals surface area contributed by atoms with Crippen LogP contribution in [0.15, 0.2) is 30.5 Å². The van der Waals surface area contributed by atoms with Gasteiger partial charge in [0.15, 0.2) is 22.8 Å². The van der Waals surface area contributed by atoms with Crippen LogP contribution in [-0.2, 0) is 23.1 Å². The molecule has 10 heteroatoms. The van der Waals surface area contributed by atoms with Crippen LogP contribution in [-0.4, -0.2) is 106 Å². The average Bonchev–Trinajstić information content (AvgIpc) is 3.55. The van der Waals surface area contributed by atoms with Crippen molar-refractivity contribution >= 4 is 27.9 Å². The molecule has 1 N–H and O–H groups in total. The summed E-state index contributed by atoms with van der Waals surface area (Å²) in [4.78, 5) is 26.2. The third-order valence-corrected chi connectivity index (χ3v) is 8.42. The quantitative estimate of drug-likeness (QED) is 0.433. The maximum atomic E-state index is 5.64. The van der Waals surface area contributed by atoms with Crippen LogP contribution in [0.5, 0.6) is 0 Å². The molecule has 4 aromatic rings. The van der Waals surface area contributed by atoms with Gasteiger partial charge in [-0.1, -0.05) is 18.2 Å². The normalized spacial score (nSPS) is 20.6. The number of rotatable bonds is 5. The number of benzene rings is 1. The third-order valence-electron chi connectivity index (χ3n) is 8.42. The summed E-state index contributed by atoms with van der Waals surface area (Å²) in [5.74, 6) is 2.69. The molecule has 3 aromatic heterocycles. The maximum absolute atomic E-state index is 5.64. The Hall–Kier alpha value is -3.05. The molecule has 7 rings (SSSR count). The van der Waals surface area contributed by atoms with Gasteiger partial charge in [0.1, 0.15) is 5.82 Å². The molecule has 0 aliphatic carbocycles. The number of ether oxygens (including phenoxy) is 2. The van der Waals surface area contributed by atoms with Crippen molar-refractivity contribution in [1.29, 1.82) is 0 Å². The van der Waals surface area contributed by atoms with Gasteiger partial charge in [0.05, 0.1) is 33.0 Å². The zero-order chi connectivity index (χ0) is 25.5. The van der Waals surface area contributed by atoms with Crippen molar-refractivity contribution in [3.05, 3.63) is 36.3 Å². The Morgan fingerprint density at radius 2 is 1.63 bits per heavy atom. The molecule has 0 atom stereocenters. The van der Waals surface area contributed by atoms with Crippen LogP contribution in [0, 0.1) is 0 Å². The molecule has 0 amide bonds. The van der Waals surface area contributed by atoms with E-state index in [0.717, 1.165) is 104 Å². The Labute approximate surface area is 222 Å². The largest absolute Gasteiger partial charge is 0.379 e. The zero-order valence-electron chi connectivity index (χ0n) is 22.1. The lowest BCUT2D eigenvalue weighted by Crippen LogP contribution is -2.48. The predicted octanol–water partition coefficient (Wildman–Crippen LogP) is 2.64. The lowest BCUT2D eigenvalue weighted by molar-refractivity contribution is -0.0000147. The third kappa shape index (κ3) is 4.45. The number of aromatic amines is 1. The van der Waals surface area contributed by atoms with E-state index >= 15 is 0 Å². The summed E-state index contributed by atoms with van der Waals surface area (Å²) in [6, 6.07) is 8.99. The van der Waals surface area contributed by atoms with Gasteiger partial charge in [-0.25, -0.2) is 15.0 Å². The van der Waals surface area contributed by atoms with Gasteiger partial charge in [0.2, 0.25) is 0 Å². The second kappa shape index (κ2) is 10.3. The fourth-order valence-corrected chi connectivity index (χ4v) is 6.19. The minimum Gasteiger partial charge on any atom is -0.379 e. The molecular weight excluding hydrogens is 480 g/mol. The van der Waals surface area contributed by atoms with Crippen LogP contribution in [0.2, 0.25) is 0 Å². The molecular formula is C28H36N8O2. The molecule has 3 saturated heterocycles. The Balaban J connectivity index is 1.20. The van der Waals surface area contributed by atoms with E-state index in [-0.39, 0.29) is 0 Å². The summed E-state index contributed by atoms with van der Waals surface area (Å²) in [7, 11) is 2.10. The molecule has 38 heavy (non-hydrogen) atoms. The van der Waals surface area contributed by atoms with Crippen molar-refractivity contribution < 1.29 is 9.47 Å². The number of likely N-dealkylation sites (tertiary alicyclic amines) is 1. The summed E-state index contributed by atoms with van der Waals surface area (Å²) in [6.45, 7) is 9.89. The topological polar surface area (TPSA) is 87.6 Å². The second-order valence-corrected chi connectivity index (χ2v) is 10.6. The van der Waals surface area contributed by atoms with Crippen LogP contribution in [0.4, 0.5) is 5.82 Å². The number of nitrogens with one attached hydrogen (secondary N) is 1. The summed E-state index contributed by atoms with van der Waals surface area (Å²) in [6.07, 6.45) is 4.42. The number of aromatic nitrogens is 5. The number of hydrogen-bond acceptors (Lipinski definition) is 8. The van der Waals surface area contributed by atoms with Crippen molar-refractivity contribution in [1.82, 2.24) is 34.3 Å². The SMILES string of the molecule is Cn1c(CN2CCC(N3CCOCC3)CC2)nc2c(N3CCOCC3)nc(-c3c[nH]c4ccccc34)nc21.